The molecule has 4 nitrogen and oxygen atoms in total. The van der Waals surface area contributed by atoms with Gasteiger partial charge in [0, 0.05) is 18.1 Å². The Morgan fingerprint density at radius 2 is 1.50 bits per heavy atom. The van der Waals surface area contributed by atoms with Crippen molar-refractivity contribution in [2.75, 3.05) is 0 Å². The molecule has 0 aliphatic heterocycles. The number of fused-ring (bicyclic) bond motifs is 1. The molecule has 1 unspecified atom stereocenters. The van der Waals surface area contributed by atoms with E-state index >= 15 is 0 Å². The molecule has 0 bridgehead atoms. The summed E-state index contributed by atoms with van der Waals surface area (Å²) in [7, 11) is -3.95. The predicted octanol–water partition coefficient (Wildman–Crippen LogP) is 6.22. The van der Waals surface area contributed by atoms with Crippen molar-refractivity contribution < 1.29 is 21.6 Å². The van der Waals surface area contributed by atoms with Gasteiger partial charge in [0.1, 0.15) is 0 Å². The first-order valence-corrected chi connectivity index (χ1v) is 12.6. The Balaban J connectivity index is 0.00000324. The molecule has 3 aromatic rings. The molecule has 1 aliphatic rings. The van der Waals surface area contributed by atoms with E-state index in [-0.39, 0.29) is 35.4 Å². The van der Waals surface area contributed by atoms with Gasteiger partial charge >= 0.3 is 6.18 Å². The SMILES string of the molecule is CC(N[C@@H]1CCCC[C@H]1NS(=O)(=O)c1ccc(C(F)(F)F)cc1)c1cccc2ccccc12.Cl. The van der Waals surface area contributed by atoms with Crippen LogP contribution in [-0.2, 0) is 16.2 Å². The molecule has 4 rings (SSSR count). The van der Waals surface area contributed by atoms with Crippen molar-refractivity contribution in [2.24, 2.45) is 0 Å². The van der Waals surface area contributed by atoms with Crippen LogP contribution in [-0.4, -0.2) is 20.5 Å². The highest BCUT2D eigenvalue weighted by Gasteiger charge is 2.33. The second kappa shape index (κ2) is 10.6. The van der Waals surface area contributed by atoms with E-state index in [1.165, 1.54) is 0 Å². The average molecular weight is 513 g/mol. The maximum Gasteiger partial charge on any atom is 0.416 e. The fourth-order valence-corrected chi connectivity index (χ4v) is 5.91. The highest BCUT2D eigenvalue weighted by Crippen LogP contribution is 2.31. The number of hydrogen-bond donors (Lipinski definition) is 2. The summed E-state index contributed by atoms with van der Waals surface area (Å²) in [6, 6.07) is 17.5. The van der Waals surface area contributed by atoms with Gasteiger partial charge in [-0.1, -0.05) is 55.3 Å². The minimum absolute atomic E-state index is 0. The maximum absolute atomic E-state index is 12.9. The fraction of sp³-hybridized carbons (Fsp3) is 0.360. The van der Waals surface area contributed by atoms with Gasteiger partial charge in [-0.2, -0.15) is 13.2 Å². The normalized spacial score (nSPS) is 20.0. The standard InChI is InChI=1S/C25H27F3N2O2S.ClH/c1-17(21-10-6-8-18-7-2-3-9-22(18)21)29-23-11-4-5-12-24(23)30-33(31,32)20-15-13-19(14-16-20)25(26,27)28;/h2-3,6-10,13-17,23-24,29-30H,4-5,11-12H2,1H3;1H/t17?,23-,24-;/m1./s1. The van der Waals surface area contributed by atoms with Crippen LogP contribution in [0.25, 0.3) is 10.8 Å². The number of halogens is 4. The van der Waals surface area contributed by atoms with E-state index in [0.717, 1.165) is 59.9 Å². The van der Waals surface area contributed by atoms with E-state index in [9.17, 15) is 21.6 Å². The van der Waals surface area contributed by atoms with Crippen molar-refractivity contribution in [1.82, 2.24) is 10.0 Å². The summed E-state index contributed by atoms with van der Waals surface area (Å²) in [6.45, 7) is 2.07. The molecule has 0 radical (unpaired) electrons. The Hall–Kier alpha value is -2.13. The molecule has 0 amide bonds. The molecule has 1 fully saturated rings. The first kappa shape index (κ1) is 26.5. The highest BCUT2D eigenvalue weighted by atomic mass is 35.5. The highest BCUT2D eigenvalue weighted by molar-refractivity contribution is 7.89. The van der Waals surface area contributed by atoms with Gasteiger partial charge in [-0.25, -0.2) is 13.1 Å². The lowest BCUT2D eigenvalue weighted by atomic mass is 9.89. The third kappa shape index (κ3) is 5.92. The molecule has 0 heterocycles. The number of sulfonamides is 1. The van der Waals surface area contributed by atoms with Crippen LogP contribution in [0.5, 0.6) is 0 Å². The number of rotatable bonds is 6. The minimum atomic E-state index is -4.51. The molecule has 0 spiro atoms. The zero-order valence-corrected chi connectivity index (χ0v) is 20.3. The van der Waals surface area contributed by atoms with Crippen LogP contribution in [0.15, 0.2) is 71.6 Å². The summed E-state index contributed by atoms with van der Waals surface area (Å²) in [5.74, 6) is 0. The van der Waals surface area contributed by atoms with E-state index in [1.807, 2.05) is 18.2 Å². The van der Waals surface area contributed by atoms with Gasteiger partial charge in [0.05, 0.1) is 10.5 Å². The van der Waals surface area contributed by atoms with Gasteiger partial charge in [0.2, 0.25) is 10.0 Å². The Morgan fingerprint density at radius 1 is 0.882 bits per heavy atom. The third-order valence-corrected chi connectivity index (χ3v) is 7.82. The Kier molecular flexibility index (Phi) is 8.29. The van der Waals surface area contributed by atoms with Crippen molar-refractivity contribution in [3.63, 3.8) is 0 Å². The van der Waals surface area contributed by atoms with Crippen molar-refractivity contribution >= 4 is 33.2 Å². The molecule has 2 N–H and O–H groups in total. The summed E-state index contributed by atoms with van der Waals surface area (Å²) in [4.78, 5) is -0.165. The molecule has 3 aromatic carbocycles. The number of benzene rings is 3. The predicted molar refractivity (Wildman–Crippen MR) is 131 cm³/mol. The number of hydrogen-bond acceptors (Lipinski definition) is 3. The second-order valence-corrected chi connectivity index (χ2v) is 10.3. The molecular weight excluding hydrogens is 485 g/mol. The monoisotopic (exact) mass is 512 g/mol. The fourth-order valence-electron chi connectivity index (χ4n) is 4.60. The molecule has 34 heavy (non-hydrogen) atoms. The van der Waals surface area contributed by atoms with E-state index in [4.69, 9.17) is 0 Å². The topological polar surface area (TPSA) is 58.2 Å². The van der Waals surface area contributed by atoms with Crippen LogP contribution in [0.2, 0.25) is 0 Å². The smallest absolute Gasteiger partial charge is 0.306 e. The summed E-state index contributed by atoms with van der Waals surface area (Å²) in [6.07, 6.45) is -1.15. The van der Waals surface area contributed by atoms with Gasteiger partial charge in [0.25, 0.3) is 0 Å². The van der Waals surface area contributed by atoms with Gasteiger partial charge in [-0.05, 0) is 60.4 Å². The summed E-state index contributed by atoms with van der Waals surface area (Å²) in [5, 5.41) is 5.90. The van der Waals surface area contributed by atoms with Crippen LogP contribution >= 0.6 is 12.4 Å². The quantitative estimate of drug-likeness (QED) is 0.412. The van der Waals surface area contributed by atoms with E-state index in [0.29, 0.717) is 6.42 Å². The zero-order chi connectivity index (χ0) is 23.6. The maximum atomic E-state index is 12.9. The Labute approximate surface area is 204 Å². The second-order valence-electron chi connectivity index (χ2n) is 8.60. The lowest BCUT2D eigenvalue weighted by Gasteiger charge is -2.35. The zero-order valence-electron chi connectivity index (χ0n) is 18.7. The van der Waals surface area contributed by atoms with Crippen LogP contribution < -0.4 is 10.0 Å². The molecule has 3 atom stereocenters. The van der Waals surface area contributed by atoms with Crippen LogP contribution in [0.3, 0.4) is 0 Å². The summed E-state index contributed by atoms with van der Waals surface area (Å²) in [5.41, 5.74) is 0.269. The van der Waals surface area contributed by atoms with Crippen molar-refractivity contribution in [1.29, 1.82) is 0 Å². The largest absolute Gasteiger partial charge is 0.416 e. The van der Waals surface area contributed by atoms with Crippen molar-refractivity contribution in [2.45, 2.75) is 61.8 Å². The van der Waals surface area contributed by atoms with E-state index < -0.39 is 21.8 Å². The molecule has 0 saturated heterocycles. The number of nitrogens with one attached hydrogen (secondary N) is 2. The van der Waals surface area contributed by atoms with E-state index in [1.54, 1.807) is 0 Å². The van der Waals surface area contributed by atoms with E-state index in [2.05, 4.69) is 41.2 Å². The van der Waals surface area contributed by atoms with Gasteiger partial charge in [-0.15, -0.1) is 12.4 Å². The first-order valence-electron chi connectivity index (χ1n) is 11.1. The molecule has 0 aromatic heterocycles. The van der Waals surface area contributed by atoms with Gasteiger partial charge < -0.3 is 5.32 Å². The molecule has 184 valence electrons. The van der Waals surface area contributed by atoms with Crippen LogP contribution in [0.1, 0.15) is 49.8 Å². The first-order chi connectivity index (χ1) is 15.6. The molecule has 1 aliphatic carbocycles. The lowest BCUT2D eigenvalue weighted by molar-refractivity contribution is -0.137. The molecule has 1 saturated carbocycles. The Bertz CT molecular complexity index is 1210. The van der Waals surface area contributed by atoms with Gasteiger partial charge in [0.15, 0.2) is 0 Å². The van der Waals surface area contributed by atoms with Gasteiger partial charge in [-0.3, -0.25) is 0 Å². The van der Waals surface area contributed by atoms with Crippen LogP contribution in [0.4, 0.5) is 13.2 Å². The summed E-state index contributed by atoms with van der Waals surface area (Å²) < 4.78 is 67.1. The minimum Gasteiger partial charge on any atom is -0.306 e. The van der Waals surface area contributed by atoms with Crippen molar-refractivity contribution in [3.8, 4) is 0 Å². The van der Waals surface area contributed by atoms with Crippen molar-refractivity contribution in [3.05, 3.63) is 77.9 Å². The van der Waals surface area contributed by atoms with Crippen LogP contribution in [0, 0.1) is 0 Å². The summed E-state index contributed by atoms with van der Waals surface area (Å²) >= 11 is 0. The third-order valence-electron chi connectivity index (χ3n) is 6.32. The lowest BCUT2D eigenvalue weighted by Crippen LogP contribution is -2.52. The molecular formula is C25H28ClF3N2O2S. The molecule has 9 heteroatoms. The average Bonchev–Trinajstić information content (AvgIpc) is 2.79. The Morgan fingerprint density at radius 3 is 2.18 bits per heavy atom. The number of alkyl halides is 3.